The fourth-order valence-electron chi connectivity index (χ4n) is 2.51. The minimum atomic E-state index is -0.264. The monoisotopic (exact) mass is 383 g/mol. The zero-order chi connectivity index (χ0) is 19.2. The molecule has 2 aromatic carbocycles. The van der Waals surface area contributed by atoms with Crippen molar-refractivity contribution in [3.63, 3.8) is 0 Å². The summed E-state index contributed by atoms with van der Waals surface area (Å²) in [5.41, 5.74) is 1.08. The Kier molecular flexibility index (Phi) is 5.94. The zero-order valence-corrected chi connectivity index (χ0v) is 15.4. The minimum Gasteiger partial charge on any atom is -0.484 e. The fraction of sp³-hybridized carbons (Fsp3) is 0.143. The maximum Gasteiger partial charge on any atom is 0.258 e. The van der Waals surface area contributed by atoms with Gasteiger partial charge in [-0.25, -0.2) is 0 Å². The molecule has 0 unspecified atom stereocenters. The van der Waals surface area contributed by atoms with Gasteiger partial charge in [-0.05, 0) is 67.6 Å². The first-order chi connectivity index (χ1) is 13.0. The van der Waals surface area contributed by atoms with E-state index in [4.69, 9.17) is 20.8 Å². The number of ether oxygens (including phenoxy) is 1. The van der Waals surface area contributed by atoms with Crippen LogP contribution in [0.4, 0.5) is 0 Å². The van der Waals surface area contributed by atoms with Gasteiger partial charge in [-0.3, -0.25) is 9.59 Å². The number of nitrogens with one attached hydrogen (secondary N) is 1. The molecule has 138 valence electrons. The summed E-state index contributed by atoms with van der Waals surface area (Å²) >= 11 is 5.84. The van der Waals surface area contributed by atoms with Gasteiger partial charge in [-0.15, -0.1) is 0 Å². The lowest BCUT2D eigenvalue weighted by atomic mass is 10.0. The fourth-order valence-corrected chi connectivity index (χ4v) is 2.64. The second-order valence-electron chi connectivity index (χ2n) is 5.95. The Morgan fingerprint density at radius 2 is 1.67 bits per heavy atom. The summed E-state index contributed by atoms with van der Waals surface area (Å²) < 4.78 is 10.7. The highest BCUT2D eigenvalue weighted by Crippen LogP contribution is 2.17. The predicted octanol–water partition coefficient (Wildman–Crippen LogP) is 4.42. The number of amides is 1. The van der Waals surface area contributed by atoms with Crippen LogP contribution in [0.1, 0.15) is 34.6 Å². The van der Waals surface area contributed by atoms with Gasteiger partial charge in [0.05, 0.1) is 12.3 Å². The molecule has 5 nitrogen and oxygen atoms in total. The van der Waals surface area contributed by atoms with Crippen LogP contribution in [0.2, 0.25) is 5.02 Å². The van der Waals surface area contributed by atoms with Gasteiger partial charge in [0.1, 0.15) is 11.5 Å². The summed E-state index contributed by atoms with van der Waals surface area (Å²) in [5, 5.41) is 3.36. The normalized spacial score (nSPS) is 11.6. The third-order valence-electron chi connectivity index (χ3n) is 3.94. The Labute approximate surface area is 161 Å². The topological polar surface area (TPSA) is 68.5 Å². The first-order valence-electron chi connectivity index (χ1n) is 8.39. The van der Waals surface area contributed by atoms with Gasteiger partial charge < -0.3 is 14.5 Å². The van der Waals surface area contributed by atoms with Gasteiger partial charge in [0.15, 0.2) is 12.4 Å². The van der Waals surface area contributed by atoms with Gasteiger partial charge in [0.2, 0.25) is 0 Å². The highest BCUT2D eigenvalue weighted by molar-refractivity contribution is 6.30. The number of halogens is 1. The maximum atomic E-state index is 12.4. The van der Waals surface area contributed by atoms with Crippen molar-refractivity contribution in [1.29, 1.82) is 0 Å². The first kappa shape index (κ1) is 18.7. The van der Waals surface area contributed by atoms with Crippen LogP contribution in [0, 0.1) is 0 Å². The summed E-state index contributed by atoms with van der Waals surface area (Å²) in [4.78, 5) is 24.4. The predicted molar refractivity (Wildman–Crippen MR) is 102 cm³/mol. The van der Waals surface area contributed by atoms with Crippen LogP contribution in [0.25, 0.3) is 0 Å². The molecule has 0 bridgehead atoms. The molecule has 0 radical (unpaired) electrons. The molecule has 0 aliphatic rings. The van der Waals surface area contributed by atoms with Crippen LogP contribution in [-0.2, 0) is 4.79 Å². The molecule has 0 saturated carbocycles. The Morgan fingerprint density at radius 3 is 2.26 bits per heavy atom. The van der Waals surface area contributed by atoms with Crippen molar-refractivity contribution in [3.8, 4) is 5.75 Å². The van der Waals surface area contributed by atoms with Gasteiger partial charge in [-0.1, -0.05) is 11.6 Å². The van der Waals surface area contributed by atoms with Crippen LogP contribution >= 0.6 is 11.6 Å². The number of hydrogen-bond acceptors (Lipinski definition) is 4. The maximum absolute atomic E-state index is 12.4. The number of furan rings is 1. The van der Waals surface area contributed by atoms with E-state index in [2.05, 4.69) is 5.32 Å². The molecule has 0 aliphatic carbocycles. The molecule has 1 amide bonds. The van der Waals surface area contributed by atoms with Crippen LogP contribution in [0.15, 0.2) is 71.3 Å². The van der Waals surface area contributed by atoms with Crippen molar-refractivity contribution >= 4 is 23.3 Å². The van der Waals surface area contributed by atoms with E-state index >= 15 is 0 Å². The van der Waals surface area contributed by atoms with Crippen molar-refractivity contribution in [3.05, 3.63) is 88.8 Å². The number of benzene rings is 2. The molecule has 1 aromatic heterocycles. The van der Waals surface area contributed by atoms with Crippen molar-refractivity contribution in [2.75, 3.05) is 6.61 Å². The van der Waals surface area contributed by atoms with Crippen LogP contribution in [0.5, 0.6) is 5.75 Å². The van der Waals surface area contributed by atoms with Crippen molar-refractivity contribution < 1.29 is 18.7 Å². The number of rotatable bonds is 7. The Bertz CT molecular complexity index is 902. The van der Waals surface area contributed by atoms with E-state index in [1.807, 2.05) is 6.92 Å². The Hall–Kier alpha value is -3.05. The third-order valence-corrected chi connectivity index (χ3v) is 4.19. The minimum absolute atomic E-state index is 0.108. The molecule has 3 rings (SSSR count). The van der Waals surface area contributed by atoms with Gasteiger partial charge in [-0.2, -0.15) is 0 Å². The summed E-state index contributed by atoms with van der Waals surface area (Å²) in [7, 11) is 0. The standard InChI is InChI=1S/C21H18ClNO4/c1-14(19-3-2-12-26-19)23-20(24)13-27-18-10-6-16(7-11-18)21(25)15-4-8-17(22)9-5-15/h2-12,14H,13H2,1H3,(H,23,24)/t14-/m1/s1. The highest BCUT2D eigenvalue weighted by Gasteiger charge is 2.13. The van der Waals surface area contributed by atoms with Crippen molar-refractivity contribution in [2.45, 2.75) is 13.0 Å². The molecular weight excluding hydrogens is 366 g/mol. The van der Waals surface area contributed by atoms with E-state index in [0.717, 1.165) is 0 Å². The van der Waals surface area contributed by atoms with Crippen LogP contribution in [-0.4, -0.2) is 18.3 Å². The summed E-state index contributed by atoms with van der Waals surface area (Å²) in [6.45, 7) is 1.70. The Balaban J connectivity index is 1.53. The van der Waals surface area contributed by atoms with E-state index in [9.17, 15) is 9.59 Å². The van der Waals surface area contributed by atoms with E-state index in [1.165, 1.54) is 0 Å². The summed E-state index contributed by atoms with van der Waals surface area (Å²) in [6, 6.07) is 16.7. The van der Waals surface area contributed by atoms with E-state index in [1.54, 1.807) is 66.9 Å². The molecule has 1 atom stereocenters. The average Bonchev–Trinajstić information content (AvgIpc) is 3.22. The first-order valence-corrected chi connectivity index (χ1v) is 8.76. The largest absolute Gasteiger partial charge is 0.484 e. The number of hydrogen-bond donors (Lipinski definition) is 1. The molecule has 1 heterocycles. The molecule has 0 saturated heterocycles. The second kappa shape index (κ2) is 8.56. The van der Waals surface area contributed by atoms with Crippen LogP contribution < -0.4 is 10.1 Å². The lowest BCUT2D eigenvalue weighted by Crippen LogP contribution is -2.31. The Morgan fingerprint density at radius 1 is 1.04 bits per heavy atom. The molecule has 0 aliphatic heterocycles. The second-order valence-corrected chi connectivity index (χ2v) is 6.39. The number of carbonyl (C=O) groups excluding carboxylic acids is 2. The lowest BCUT2D eigenvalue weighted by Gasteiger charge is -2.12. The van der Waals surface area contributed by atoms with Crippen molar-refractivity contribution in [2.24, 2.45) is 0 Å². The quantitative estimate of drug-likeness (QED) is 0.613. The molecular formula is C21H18ClNO4. The van der Waals surface area contributed by atoms with Crippen molar-refractivity contribution in [1.82, 2.24) is 5.32 Å². The van der Waals surface area contributed by atoms with Gasteiger partial charge in [0.25, 0.3) is 5.91 Å². The van der Waals surface area contributed by atoms with E-state index in [-0.39, 0.29) is 24.3 Å². The van der Waals surface area contributed by atoms with E-state index in [0.29, 0.717) is 27.7 Å². The van der Waals surface area contributed by atoms with E-state index < -0.39 is 0 Å². The number of carbonyl (C=O) groups is 2. The summed E-state index contributed by atoms with van der Waals surface area (Å²) in [5.74, 6) is 0.806. The molecule has 0 spiro atoms. The number of ketones is 1. The summed E-state index contributed by atoms with van der Waals surface area (Å²) in [6.07, 6.45) is 1.56. The lowest BCUT2D eigenvalue weighted by molar-refractivity contribution is -0.123. The van der Waals surface area contributed by atoms with Gasteiger partial charge >= 0.3 is 0 Å². The molecule has 0 fully saturated rings. The molecule has 6 heteroatoms. The average molecular weight is 384 g/mol. The third kappa shape index (κ3) is 4.99. The van der Waals surface area contributed by atoms with Gasteiger partial charge in [0, 0.05) is 16.1 Å². The SMILES string of the molecule is C[C@@H](NC(=O)COc1ccc(C(=O)c2ccc(Cl)cc2)cc1)c1ccco1. The zero-order valence-electron chi connectivity index (χ0n) is 14.6. The molecule has 1 N–H and O–H groups in total. The molecule has 3 aromatic rings. The smallest absolute Gasteiger partial charge is 0.258 e. The molecule has 27 heavy (non-hydrogen) atoms. The highest BCUT2D eigenvalue weighted by atomic mass is 35.5. The van der Waals surface area contributed by atoms with Crippen LogP contribution in [0.3, 0.4) is 0 Å².